The highest BCUT2D eigenvalue weighted by molar-refractivity contribution is 7.99. The van der Waals surface area contributed by atoms with Gasteiger partial charge in [0, 0.05) is 5.54 Å². The van der Waals surface area contributed by atoms with Crippen molar-refractivity contribution in [2.45, 2.75) is 38.1 Å². The van der Waals surface area contributed by atoms with Gasteiger partial charge in [0.1, 0.15) is 23.9 Å². The molecule has 1 aromatic heterocycles. The van der Waals surface area contributed by atoms with Crippen molar-refractivity contribution in [2.75, 3.05) is 12.9 Å². The molecule has 0 unspecified atom stereocenters. The molecule has 3 aromatic rings. The van der Waals surface area contributed by atoms with Crippen molar-refractivity contribution in [3.63, 3.8) is 0 Å². The molecular formula is C23H26FN5O4S. The first kappa shape index (κ1) is 25.0. The van der Waals surface area contributed by atoms with Crippen LogP contribution in [0.2, 0.25) is 0 Å². The van der Waals surface area contributed by atoms with Gasteiger partial charge in [0.2, 0.25) is 5.91 Å². The number of benzene rings is 2. The number of hydrogen-bond donors (Lipinski definition) is 2. The van der Waals surface area contributed by atoms with Crippen LogP contribution in [0.15, 0.2) is 53.7 Å². The number of amides is 3. The van der Waals surface area contributed by atoms with Crippen molar-refractivity contribution in [1.29, 1.82) is 0 Å². The van der Waals surface area contributed by atoms with E-state index in [0.29, 0.717) is 17.3 Å². The Morgan fingerprint density at radius 3 is 2.38 bits per heavy atom. The fourth-order valence-corrected chi connectivity index (χ4v) is 3.61. The third-order valence-corrected chi connectivity index (χ3v) is 5.22. The maximum absolute atomic E-state index is 14.6. The molecule has 0 aliphatic rings. The molecule has 0 spiro atoms. The number of carbonyl (C=O) groups is 2. The monoisotopic (exact) mass is 487 g/mol. The van der Waals surface area contributed by atoms with Gasteiger partial charge >= 0.3 is 6.03 Å². The average molecular weight is 488 g/mol. The zero-order chi connectivity index (χ0) is 24.7. The van der Waals surface area contributed by atoms with Crippen LogP contribution >= 0.6 is 11.8 Å². The predicted molar refractivity (Wildman–Crippen MR) is 126 cm³/mol. The topological polar surface area (TPSA) is 107 Å². The summed E-state index contributed by atoms with van der Waals surface area (Å²) >= 11 is 1.02. The third-order valence-electron chi connectivity index (χ3n) is 4.29. The molecule has 2 N–H and O–H groups in total. The van der Waals surface area contributed by atoms with E-state index in [1.54, 1.807) is 70.3 Å². The molecule has 0 aliphatic heterocycles. The van der Waals surface area contributed by atoms with Crippen LogP contribution in [0.4, 0.5) is 9.18 Å². The molecule has 0 saturated carbocycles. The maximum atomic E-state index is 14.6. The van der Waals surface area contributed by atoms with Crippen LogP contribution in [0.1, 0.15) is 26.6 Å². The molecule has 0 aliphatic carbocycles. The Morgan fingerprint density at radius 2 is 1.74 bits per heavy atom. The van der Waals surface area contributed by atoms with Crippen LogP contribution in [0.25, 0.3) is 5.69 Å². The minimum Gasteiger partial charge on any atom is -0.497 e. The summed E-state index contributed by atoms with van der Waals surface area (Å²) in [6.45, 7) is 5.42. The van der Waals surface area contributed by atoms with E-state index in [0.717, 1.165) is 11.8 Å². The molecule has 0 bridgehead atoms. The number of halogens is 1. The van der Waals surface area contributed by atoms with Crippen LogP contribution in [0.5, 0.6) is 11.5 Å². The van der Waals surface area contributed by atoms with Crippen LogP contribution in [-0.2, 0) is 11.4 Å². The summed E-state index contributed by atoms with van der Waals surface area (Å²) in [6, 6.07) is 12.6. The Hall–Kier alpha value is -3.60. The Labute approximate surface area is 201 Å². The number of rotatable bonds is 8. The zero-order valence-corrected chi connectivity index (χ0v) is 20.1. The lowest BCUT2D eigenvalue weighted by Crippen LogP contribution is -2.48. The van der Waals surface area contributed by atoms with E-state index in [1.807, 2.05) is 0 Å². The second-order valence-corrected chi connectivity index (χ2v) is 9.13. The third kappa shape index (κ3) is 6.95. The quantitative estimate of drug-likeness (QED) is 0.467. The average Bonchev–Trinajstić information content (AvgIpc) is 3.18. The van der Waals surface area contributed by atoms with E-state index >= 15 is 0 Å². The van der Waals surface area contributed by atoms with Crippen molar-refractivity contribution in [2.24, 2.45) is 0 Å². The summed E-state index contributed by atoms with van der Waals surface area (Å²) in [4.78, 5) is 24.2. The number of nitrogens with zero attached hydrogens (tertiary/aromatic N) is 3. The van der Waals surface area contributed by atoms with E-state index in [4.69, 9.17) is 9.47 Å². The first-order chi connectivity index (χ1) is 16.2. The molecule has 0 saturated heterocycles. The minimum absolute atomic E-state index is 0.00834. The smallest absolute Gasteiger partial charge is 0.321 e. The number of nitrogens with one attached hydrogen (secondary N) is 2. The van der Waals surface area contributed by atoms with Crippen molar-refractivity contribution >= 4 is 23.7 Å². The van der Waals surface area contributed by atoms with Crippen molar-refractivity contribution in [3.05, 3.63) is 60.2 Å². The van der Waals surface area contributed by atoms with Gasteiger partial charge in [-0.25, -0.2) is 9.18 Å². The maximum Gasteiger partial charge on any atom is 0.321 e. The number of thioether (sulfide) groups is 1. The van der Waals surface area contributed by atoms with E-state index in [-0.39, 0.29) is 23.2 Å². The van der Waals surface area contributed by atoms with Crippen LogP contribution in [0.3, 0.4) is 0 Å². The number of urea groups is 1. The standard InChI is InChI=1S/C23H26FN5O4S/c1-23(2,3)26-21(31)25-20(30)14-34-22-28-27-19(29(22)18-8-6-5-7-17(18)24)13-33-16-11-9-15(32-4)10-12-16/h5-12H,13-14H2,1-4H3,(H2,25,26,30,31). The second-order valence-electron chi connectivity index (χ2n) is 8.19. The zero-order valence-electron chi connectivity index (χ0n) is 19.3. The van der Waals surface area contributed by atoms with Gasteiger partial charge in [-0.05, 0) is 57.2 Å². The lowest BCUT2D eigenvalue weighted by Gasteiger charge is -2.20. The molecule has 34 heavy (non-hydrogen) atoms. The highest BCUT2D eigenvalue weighted by Gasteiger charge is 2.20. The Bertz CT molecular complexity index is 1150. The number of methoxy groups -OCH3 is 1. The molecule has 11 heteroatoms. The Morgan fingerprint density at radius 1 is 1.06 bits per heavy atom. The van der Waals surface area contributed by atoms with Crippen LogP contribution < -0.4 is 20.1 Å². The first-order valence-corrected chi connectivity index (χ1v) is 11.4. The summed E-state index contributed by atoms with van der Waals surface area (Å²) in [5.41, 5.74) is -0.268. The van der Waals surface area contributed by atoms with Gasteiger partial charge in [-0.2, -0.15) is 0 Å². The lowest BCUT2D eigenvalue weighted by molar-refractivity contribution is -0.117. The highest BCUT2D eigenvalue weighted by Crippen LogP contribution is 2.25. The lowest BCUT2D eigenvalue weighted by atomic mass is 10.1. The van der Waals surface area contributed by atoms with Gasteiger partial charge in [0.25, 0.3) is 0 Å². The van der Waals surface area contributed by atoms with Gasteiger partial charge in [-0.15, -0.1) is 10.2 Å². The fourth-order valence-electron chi connectivity index (χ4n) is 2.85. The minimum atomic E-state index is -0.595. The molecule has 3 rings (SSSR count). The van der Waals surface area contributed by atoms with Gasteiger partial charge in [-0.3, -0.25) is 14.7 Å². The van der Waals surface area contributed by atoms with E-state index in [1.165, 1.54) is 10.6 Å². The number of carbonyl (C=O) groups excluding carboxylic acids is 2. The van der Waals surface area contributed by atoms with Gasteiger partial charge < -0.3 is 14.8 Å². The predicted octanol–water partition coefficient (Wildman–Crippen LogP) is 3.71. The number of ether oxygens (including phenoxy) is 2. The molecule has 3 amide bonds. The molecule has 180 valence electrons. The largest absolute Gasteiger partial charge is 0.497 e. The van der Waals surface area contributed by atoms with Crippen molar-refractivity contribution < 1.29 is 23.5 Å². The van der Waals surface area contributed by atoms with E-state index in [9.17, 15) is 14.0 Å². The van der Waals surface area contributed by atoms with Gasteiger partial charge in [0.15, 0.2) is 11.0 Å². The number of hydrogen-bond acceptors (Lipinski definition) is 7. The van der Waals surface area contributed by atoms with Crippen molar-refractivity contribution in [1.82, 2.24) is 25.4 Å². The Kier molecular flexibility index (Phi) is 8.11. The van der Waals surface area contributed by atoms with Gasteiger partial charge in [0.05, 0.1) is 18.6 Å². The number of para-hydroxylation sites is 1. The summed E-state index contributed by atoms with van der Waals surface area (Å²) < 4.78 is 27.0. The van der Waals surface area contributed by atoms with E-state index in [2.05, 4.69) is 20.8 Å². The second kappa shape index (κ2) is 11.0. The summed E-state index contributed by atoms with van der Waals surface area (Å²) in [5, 5.41) is 13.4. The number of imide groups is 1. The van der Waals surface area contributed by atoms with Crippen LogP contribution in [-0.4, -0.2) is 45.1 Å². The molecular weight excluding hydrogens is 461 g/mol. The van der Waals surface area contributed by atoms with Crippen molar-refractivity contribution in [3.8, 4) is 17.2 Å². The highest BCUT2D eigenvalue weighted by atomic mass is 32.2. The number of aromatic nitrogens is 3. The fraction of sp³-hybridized carbons (Fsp3) is 0.304. The molecule has 0 radical (unpaired) electrons. The molecule has 9 nitrogen and oxygen atoms in total. The molecule has 2 aromatic carbocycles. The van der Waals surface area contributed by atoms with Crippen LogP contribution in [0, 0.1) is 5.82 Å². The summed E-state index contributed by atoms with van der Waals surface area (Å²) in [7, 11) is 1.57. The molecule has 0 fully saturated rings. The normalized spacial score (nSPS) is 11.1. The first-order valence-electron chi connectivity index (χ1n) is 10.4. The molecule has 1 heterocycles. The SMILES string of the molecule is COc1ccc(OCc2nnc(SCC(=O)NC(=O)NC(C)(C)C)n2-c2ccccc2F)cc1. The van der Waals surface area contributed by atoms with Gasteiger partial charge in [-0.1, -0.05) is 23.9 Å². The summed E-state index contributed by atoms with van der Waals surface area (Å²) in [6.07, 6.45) is 0. The molecule has 0 atom stereocenters. The Balaban J connectivity index is 1.75. The summed E-state index contributed by atoms with van der Waals surface area (Å²) in [5.74, 6) is 0.477. The van der Waals surface area contributed by atoms with E-state index < -0.39 is 23.3 Å².